The fourth-order valence-electron chi connectivity index (χ4n) is 1.79. The molecule has 1 saturated carbocycles. The zero-order valence-corrected chi connectivity index (χ0v) is 9.37. The molecule has 1 aliphatic rings. The molecular formula is C12H19N3. The summed E-state index contributed by atoms with van der Waals surface area (Å²) >= 11 is 0. The van der Waals surface area contributed by atoms with E-state index >= 15 is 0 Å². The van der Waals surface area contributed by atoms with Crippen molar-refractivity contribution in [3.63, 3.8) is 0 Å². The molecule has 0 atom stereocenters. The van der Waals surface area contributed by atoms with Crippen molar-refractivity contribution in [1.82, 2.24) is 9.97 Å². The Hall–Kier alpha value is -0.960. The summed E-state index contributed by atoms with van der Waals surface area (Å²) in [7, 11) is 0. The molecular weight excluding hydrogens is 186 g/mol. The van der Waals surface area contributed by atoms with Gasteiger partial charge >= 0.3 is 0 Å². The molecule has 0 aromatic carbocycles. The molecule has 1 aliphatic carbocycles. The number of nitrogens with two attached hydrogens (primary N) is 1. The molecule has 0 saturated heterocycles. The molecule has 1 fully saturated rings. The van der Waals surface area contributed by atoms with Crippen molar-refractivity contribution in [3.05, 3.63) is 23.3 Å². The lowest BCUT2D eigenvalue weighted by atomic mass is 10.2. The number of hydrogen-bond donors (Lipinski definition) is 1. The summed E-state index contributed by atoms with van der Waals surface area (Å²) < 4.78 is 0. The van der Waals surface area contributed by atoms with E-state index in [1.54, 1.807) is 0 Å². The van der Waals surface area contributed by atoms with Gasteiger partial charge in [0.25, 0.3) is 0 Å². The standard InChI is InChI=1S/C12H19N3/c1-2-3-10-8-11(9-4-5-9)15-12(14-10)6-7-13/h8-9H,2-7,13H2,1H3. The van der Waals surface area contributed by atoms with Crippen LogP contribution in [0.4, 0.5) is 0 Å². The number of rotatable bonds is 5. The molecule has 82 valence electrons. The molecule has 0 radical (unpaired) electrons. The van der Waals surface area contributed by atoms with Crippen LogP contribution in [0.25, 0.3) is 0 Å². The summed E-state index contributed by atoms with van der Waals surface area (Å²) in [5.41, 5.74) is 7.99. The van der Waals surface area contributed by atoms with Gasteiger partial charge in [0.05, 0.1) is 0 Å². The van der Waals surface area contributed by atoms with Gasteiger partial charge in [-0.1, -0.05) is 13.3 Å². The van der Waals surface area contributed by atoms with Gasteiger partial charge in [0.15, 0.2) is 0 Å². The van der Waals surface area contributed by atoms with Crippen LogP contribution in [-0.4, -0.2) is 16.5 Å². The third-order valence-electron chi connectivity index (χ3n) is 2.72. The van der Waals surface area contributed by atoms with Crippen LogP contribution in [0, 0.1) is 0 Å². The van der Waals surface area contributed by atoms with Crippen LogP contribution in [0.2, 0.25) is 0 Å². The summed E-state index contributed by atoms with van der Waals surface area (Å²) in [4.78, 5) is 9.11. The summed E-state index contributed by atoms with van der Waals surface area (Å²) in [6, 6.07) is 2.18. The SMILES string of the molecule is CCCc1cc(C2CC2)nc(CCN)n1. The first-order valence-corrected chi connectivity index (χ1v) is 5.90. The minimum Gasteiger partial charge on any atom is -0.330 e. The van der Waals surface area contributed by atoms with Gasteiger partial charge in [-0.2, -0.15) is 0 Å². The highest BCUT2D eigenvalue weighted by Gasteiger charge is 2.25. The number of nitrogens with zero attached hydrogens (tertiary/aromatic N) is 2. The highest BCUT2D eigenvalue weighted by molar-refractivity contribution is 5.19. The Morgan fingerprint density at radius 3 is 2.73 bits per heavy atom. The first kappa shape index (κ1) is 10.6. The first-order chi connectivity index (χ1) is 7.33. The van der Waals surface area contributed by atoms with E-state index in [4.69, 9.17) is 5.73 Å². The molecule has 0 aliphatic heterocycles. The minimum atomic E-state index is 0.639. The Balaban J connectivity index is 2.21. The van der Waals surface area contributed by atoms with Crippen molar-refractivity contribution in [1.29, 1.82) is 0 Å². The fraction of sp³-hybridized carbons (Fsp3) is 0.667. The van der Waals surface area contributed by atoms with Gasteiger partial charge in [-0.25, -0.2) is 9.97 Å². The Labute approximate surface area is 91.1 Å². The molecule has 3 nitrogen and oxygen atoms in total. The van der Waals surface area contributed by atoms with Gasteiger partial charge in [0, 0.05) is 23.7 Å². The molecule has 0 bridgehead atoms. The highest BCUT2D eigenvalue weighted by Crippen LogP contribution is 2.39. The van der Waals surface area contributed by atoms with E-state index in [0.717, 1.165) is 25.1 Å². The van der Waals surface area contributed by atoms with Crippen molar-refractivity contribution in [3.8, 4) is 0 Å². The van der Waals surface area contributed by atoms with Crippen LogP contribution in [0.1, 0.15) is 49.3 Å². The Bertz CT molecular complexity index is 307. The highest BCUT2D eigenvalue weighted by atomic mass is 14.9. The molecule has 3 heteroatoms. The molecule has 2 N–H and O–H groups in total. The van der Waals surface area contributed by atoms with Gasteiger partial charge in [0.1, 0.15) is 5.82 Å². The minimum absolute atomic E-state index is 0.639. The van der Waals surface area contributed by atoms with Gasteiger partial charge in [-0.15, -0.1) is 0 Å². The zero-order chi connectivity index (χ0) is 10.7. The van der Waals surface area contributed by atoms with E-state index < -0.39 is 0 Å². The molecule has 1 aromatic rings. The monoisotopic (exact) mass is 205 g/mol. The number of aryl methyl sites for hydroxylation is 1. The van der Waals surface area contributed by atoms with E-state index in [0.29, 0.717) is 12.5 Å². The van der Waals surface area contributed by atoms with E-state index in [1.807, 2.05) is 0 Å². The van der Waals surface area contributed by atoms with Crippen molar-refractivity contribution < 1.29 is 0 Å². The summed E-state index contributed by atoms with van der Waals surface area (Å²) in [6.07, 6.45) is 5.59. The van der Waals surface area contributed by atoms with Crippen LogP contribution in [0.5, 0.6) is 0 Å². The van der Waals surface area contributed by atoms with Gasteiger partial charge in [0.2, 0.25) is 0 Å². The second-order valence-electron chi connectivity index (χ2n) is 4.26. The van der Waals surface area contributed by atoms with Crippen LogP contribution < -0.4 is 5.73 Å². The van der Waals surface area contributed by atoms with E-state index in [1.165, 1.54) is 24.2 Å². The molecule has 0 spiro atoms. The first-order valence-electron chi connectivity index (χ1n) is 5.90. The zero-order valence-electron chi connectivity index (χ0n) is 9.37. The lowest BCUT2D eigenvalue weighted by Gasteiger charge is -2.06. The third-order valence-corrected chi connectivity index (χ3v) is 2.72. The predicted octanol–water partition coefficient (Wildman–Crippen LogP) is 1.81. The maximum atomic E-state index is 5.55. The third kappa shape index (κ3) is 2.75. The van der Waals surface area contributed by atoms with Crippen LogP contribution >= 0.6 is 0 Å². The second-order valence-corrected chi connectivity index (χ2v) is 4.26. The maximum absolute atomic E-state index is 5.55. The predicted molar refractivity (Wildman–Crippen MR) is 60.8 cm³/mol. The molecule has 0 amide bonds. The smallest absolute Gasteiger partial charge is 0.130 e. The average molecular weight is 205 g/mol. The summed E-state index contributed by atoms with van der Waals surface area (Å²) in [5, 5.41) is 0. The van der Waals surface area contributed by atoms with Gasteiger partial charge < -0.3 is 5.73 Å². The van der Waals surface area contributed by atoms with Crippen molar-refractivity contribution in [2.75, 3.05) is 6.54 Å². The fourth-order valence-corrected chi connectivity index (χ4v) is 1.79. The van der Waals surface area contributed by atoms with E-state index in [9.17, 15) is 0 Å². The molecule has 1 aromatic heterocycles. The Morgan fingerprint density at radius 1 is 1.33 bits per heavy atom. The molecule has 15 heavy (non-hydrogen) atoms. The van der Waals surface area contributed by atoms with Crippen LogP contribution in [-0.2, 0) is 12.8 Å². The molecule has 1 heterocycles. The van der Waals surface area contributed by atoms with E-state index in [-0.39, 0.29) is 0 Å². The maximum Gasteiger partial charge on any atom is 0.130 e. The van der Waals surface area contributed by atoms with Crippen molar-refractivity contribution >= 4 is 0 Å². The largest absolute Gasteiger partial charge is 0.330 e. The average Bonchev–Trinajstić information content (AvgIpc) is 3.01. The Kier molecular flexibility index (Phi) is 3.31. The van der Waals surface area contributed by atoms with Crippen LogP contribution in [0.3, 0.4) is 0 Å². The van der Waals surface area contributed by atoms with Gasteiger partial charge in [-0.3, -0.25) is 0 Å². The number of hydrogen-bond acceptors (Lipinski definition) is 3. The molecule has 0 unspecified atom stereocenters. The molecule has 2 rings (SSSR count). The second kappa shape index (κ2) is 4.71. The number of aromatic nitrogens is 2. The summed E-state index contributed by atoms with van der Waals surface area (Å²) in [5.74, 6) is 1.64. The van der Waals surface area contributed by atoms with Crippen molar-refractivity contribution in [2.24, 2.45) is 5.73 Å². The lowest BCUT2D eigenvalue weighted by Crippen LogP contribution is -2.09. The topological polar surface area (TPSA) is 51.8 Å². The van der Waals surface area contributed by atoms with E-state index in [2.05, 4.69) is 23.0 Å². The normalized spacial score (nSPS) is 15.6. The lowest BCUT2D eigenvalue weighted by molar-refractivity contribution is 0.788. The van der Waals surface area contributed by atoms with Crippen LogP contribution in [0.15, 0.2) is 6.07 Å². The van der Waals surface area contributed by atoms with Crippen molar-refractivity contribution in [2.45, 2.75) is 44.9 Å². The Morgan fingerprint density at radius 2 is 2.13 bits per heavy atom. The quantitative estimate of drug-likeness (QED) is 0.797. The summed E-state index contributed by atoms with van der Waals surface area (Å²) in [6.45, 7) is 2.82. The van der Waals surface area contributed by atoms with Gasteiger partial charge in [-0.05, 0) is 31.9 Å².